The molecule has 0 unspecified atom stereocenters. The van der Waals surface area contributed by atoms with E-state index in [4.69, 9.17) is 0 Å². The van der Waals surface area contributed by atoms with Crippen LogP contribution in [0.5, 0.6) is 0 Å². The molecule has 0 spiro atoms. The van der Waals surface area contributed by atoms with Gasteiger partial charge in [0.15, 0.2) is 0 Å². The minimum absolute atomic E-state index is 0.0430. The molecule has 2 aromatic rings. The zero-order chi connectivity index (χ0) is 16.1. The molecule has 2 heterocycles. The zero-order valence-electron chi connectivity index (χ0n) is 13.5. The smallest absolute Gasteiger partial charge is 0.228 e. The molecule has 1 N–H and O–H groups in total. The van der Waals surface area contributed by atoms with Gasteiger partial charge in [-0.2, -0.15) is 5.10 Å². The summed E-state index contributed by atoms with van der Waals surface area (Å²) >= 11 is 1.50. The standard InChI is InChI=1S/C16H23N5OS/c1-12-10-17-21(11-12)8-7-14(22)18-16-20-19-15(23-16)9-13-5-3-2-4-6-13/h10-11,13H,2-9H2,1H3,(H,18,20,22). The van der Waals surface area contributed by atoms with Crippen molar-refractivity contribution in [3.8, 4) is 0 Å². The fourth-order valence-electron chi connectivity index (χ4n) is 3.01. The number of nitrogens with zero attached hydrogens (tertiary/aromatic N) is 4. The summed E-state index contributed by atoms with van der Waals surface area (Å²) in [5, 5.41) is 17.0. The van der Waals surface area contributed by atoms with Gasteiger partial charge in [0.05, 0.1) is 6.20 Å². The van der Waals surface area contributed by atoms with Crippen LogP contribution in [0.1, 0.15) is 49.1 Å². The Hall–Kier alpha value is -1.76. The largest absolute Gasteiger partial charge is 0.300 e. The van der Waals surface area contributed by atoms with E-state index in [1.807, 2.05) is 13.1 Å². The molecule has 0 radical (unpaired) electrons. The molecule has 1 saturated carbocycles. The van der Waals surface area contributed by atoms with Gasteiger partial charge < -0.3 is 5.32 Å². The predicted molar refractivity (Wildman–Crippen MR) is 90.4 cm³/mol. The number of nitrogens with one attached hydrogen (secondary N) is 1. The highest BCUT2D eigenvalue weighted by Gasteiger charge is 2.17. The summed E-state index contributed by atoms with van der Waals surface area (Å²) in [5.41, 5.74) is 1.10. The Bertz CT molecular complexity index is 644. The van der Waals surface area contributed by atoms with Crippen LogP contribution < -0.4 is 5.32 Å². The molecule has 23 heavy (non-hydrogen) atoms. The molecule has 7 heteroatoms. The van der Waals surface area contributed by atoms with E-state index in [2.05, 4.69) is 20.6 Å². The van der Waals surface area contributed by atoms with Gasteiger partial charge in [-0.05, 0) is 18.4 Å². The Morgan fingerprint density at radius 2 is 2.17 bits per heavy atom. The van der Waals surface area contributed by atoms with Crippen molar-refractivity contribution in [2.75, 3.05) is 5.32 Å². The van der Waals surface area contributed by atoms with Gasteiger partial charge in [0.2, 0.25) is 11.0 Å². The third-order valence-electron chi connectivity index (χ3n) is 4.23. The summed E-state index contributed by atoms with van der Waals surface area (Å²) in [6.07, 6.45) is 11.7. The SMILES string of the molecule is Cc1cnn(CCC(=O)Nc2nnc(CC3CCCCC3)s2)c1. The van der Waals surface area contributed by atoms with E-state index in [0.29, 0.717) is 18.1 Å². The lowest BCUT2D eigenvalue weighted by Gasteiger charge is -2.19. The van der Waals surface area contributed by atoms with E-state index in [0.717, 1.165) is 22.9 Å². The molecule has 0 saturated heterocycles. The summed E-state index contributed by atoms with van der Waals surface area (Å²) in [4.78, 5) is 12.0. The fourth-order valence-corrected chi connectivity index (χ4v) is 3.88. The number of rotatable bonds is 6. The van der Waals surface area contributed by atoms with Crippen LogP contribution in [0.15, 0.2) is 12.4 Å². The predicted octanol–water partition coefficient (Wildman–Crippen LogP) is 3.19. The van der Waals surface area contributed by atoms with Gasteiger partial charge in [0.1, 0.15) is 5.01 Å². The maximum atomic E-state index is 12.0. The van der Waals surface area contributed by atoms with Crippen LogP contribution in [0.3, 0.4) is 0 Å². The minimum Gasteiger partial charge on any atom is -0.300 e. The summed E-state index contributed by atoms with van der Waals surface area (Å²) in [7, 11) is 0. The van der Waals surface area contributed by atoms with Crippen molar-refractivity contribution in [1.82, 2.24) is 20.0 Å². The molecule has 3 rings (SSSR count). The van der Waals surface area contributed by atoms with Crippen molar-refractivity contribution < 1.29 is 4.79 Å². The van der Waals surface area contributed by atoms with Gasteiger partial charge in [0, 0.05) is 25.6 Å². The van der Waals surface area contributed by atoms with Crippen molar-refractivity contribution in [1.29, 1.82) is 0 Å². The lowest BCUT2D eigenvalue weighted by Crippen LogP contribution is -2.14. The Kier molecular flexibility index (Phi) is 5.38. The van der Waals surface area contributed by atoms with Gasteiger partial charge >= 0.3 is 0 Å². The highest BCUT2D eigenvalue weighted by atomic mass is 32.1. The zero-order valence-corrected chi connectivity index (χ0v) is 14.3. The molecule has 1 aliphatic rings. The summed E-state index contributed by atoms with van der Waals surface area (Å²) < 4.78 is 1.78. The average molecular weight is 333 g/mol. The highest BCUT2D eigenvalue weighted by Crippen LogP contribution is 2.28. The van der Waals surface area contributed by atoms with E-state index in [-0.39, 0.29) is 5.91 Å². The van der Waals surface area contributed by atoms with Crippen LogP contribution in [0.2, 0.25) is 0 Å². The molecule has 1 fully saturated rings. The van der Waals surface area contributed by atoms with E-state index >= 15 is 0 Å². The Morgan fingerprint density at radius 1 is 1.35 bits per heavy atom. The topological polar surface area (TPSA) is 72.7 Å². The third kappa shape index (κ3) is 4.86. The van der Waals surface area contributed by atoms with Crippen molar-refractivity contribution in [2.24, 2.45) is 5.92 Å². The molecule has 1 aliphatic carbocycles. The van der Waals surface area contributed by atoms with E-state index < -0.39 is 0 Å². The van der Waals surface area contributed by atoms with Crippen molar-refractivity contribution in [3.05, 3.63) is 23.0 Å². The number of anilines is 1. The van der Waals surface area contributed by atoms with Crippen LogP contribution in [0.25, 0.3) is 0 Å². The van der Waals surface area contributed by atoms with Gasteiger partial charge in [-0.25, -0.2) is 0 Å². The van der Waals surface area contributed by atoms with Crippen molar-refractivity contribution in [3.63, 3.8) is 0 Å². The number of aromatic nitrogens is 4. The molecule has 0 bridgehead atoms. The molecule has 0 aromatic carbocycles. The normalized spacial score (nSPS) is 15.7. The van der Waals surface area contributed by atoms with Gasteiger partial charge in [-0.15, -0.1) is 10.2 Å². The maximum absolute atomic E-state index is 12.0. The van der Waals surface area contributed by atoms with E-state index in [1.165, 1.54) is 43.4 Å². The first-order chi connectivity index (χ1) is 11.2. The second kappa shape index (κ2) is 7.68. The highest BCUT2D eigenvalue weighted by molar-refractivity contribution is 7.15. The van der Waals surface area contributed by atoms with Crippen molar-refractivity contribution >= 4 is 22.4 Å². The maximum Gasteiger partial charge on any atom is 0.228 e. The summed E-state index contributed by atoms with van der Waals surface area (Å²) in [6, 6.07) is 0. The Balaban J connectivity index is 1.45. The second-order valence-electron chi connectivity index (χ2n) is 6.29. The fraction of sp³-hybridized carbons (Fsp3) is 0.625. The quantitative estimate of drug-likeness (QED) is 0.881. The number of amides is 1. The molecular formula is C16H23N5OS. The molecular weight excluding hydrogens is 310 g/mol. The Labute approximate surface area is 140 Å². The third-order valence-corrected chi connectivity index (χ3v) is 5.09. The molecule has 2 aromatic heterocycles. The lowest BCUT2D eigenvalue weighted by atomic mass is 9.87. The molecule has 0 aliphatic heterocycles. The average Bonchev–Trinajstić information content (AvgIpc) is 3.15. The number of carbonyl (C=O) groups is 1. The first-order valence-corrected chi connectivity index (χ1v) is 9.12. The molecule has 0 atom stereocenters. The molecule has 6 nitrogen and oxygen atoms in total. The van der Waals surface area contributed by atoms with Crippen molar-refractivity contribution in [2.45, 2.75) is 58.4 Å². The molecule has 124 valence electrons. The number of hydrogen-bond acceptors (Lipinski definition) is 5. The summed E-state index contributed by atoms with van der Waals surface area (Å²) in [6.45, 7) is 2.56. The van der Waals surface area contributed by atoms with E-state index in [1.54, 1.807) is 10.9 Å². The molecule has 1 amide bonds. The van der Waals surface area contributed by atoms with Crippen LogP contribution in [0.4, 0.5) is 5.13 Å². The van der Waals surface area contributed by atoms with Crippen LogP contribution in [0, 0.1) is 12.8 Å². The number of aryl methyl sites for hydroxylation is 2. The van der Waals surface area contributed by atoms with Gasteiger partial charge in [-0.1, -0.05) is 43.4 Å². The van der Waals surface area contributed by atoms with Crippen LogP contribution in [-0.4, -0.2) is 25.9 Å². The van der Waals surface area contributed by atoms with E-state index in [9.17, 15) is 4.79 Å². The Morgan fingerprint density at radius 3 is 2.91 bits per heavy atom. The van der Waals surface area contributed by atoms with Crippen LogP contribution >= 0.6 is 11.3 Å². The number of hydrogen-bond donors (Lipinski definition) is 1. The first-order valence-electron chi connectivity index (χ1n) is 8.30. The van der Waals surface area contributed by atoms with Crippen LogP contribution in [-0.2, 0) is 17.8 Å². The first kappa shape index (κ1) is 16.1. The summed E-state index contributed by atoms with van der Waals surface area (Å²) in [5.74, 6) is 0.696. The second-order valence-corrected chi connectivity index (χ2v) is 7.35. The monoisotopic (exact) mass is 333 g/mol. The minimum atomic E-state index is -0.0430. The van der Waals surface area contributed by atoms with Gasteiger partial charge in [0.25, 0.3) is 0 Å². The lowest BCUT2D eigenvalue weighted by molar-refractivity contribution is -0.116. The van der Waals surface area contributed by atoms with Gasteiger partial charge in [-0.3, -0.25) is 9.48 Å². The number of carbonyl (C=O) groups excluding carboxylic acids is 1.